The molecular formula is C9H7BrFN. The van der Waals surface area contributed by atoms with Crippen molar-refractivity contribution in [2.75, 3.05) is 0 Å². The van der Waals surface area contributed by atoms with Crippen LogP contribution in [0, 0.1) is 17.1 Å². The molecule has 0 heterocycles. The zero-order valence-corrected chi connectivity index (χ0v) is 8.10. The van der Waals surface area contributed by atoms with Crippen molar-refractivity contribution >= 4 is 15.9 Å². The van der Waals surface area contributed by atoms with Gasteiger partial charge in [-0.2, -0.15) is 5.26 Å². The van der Waals surface area contributed by atoms with Crippen molar-refractivity contribution in [1.29, 1.82) is 5.26 Å². The monoisotopic (exact) mass is 227 g/mol. The van der Waals surface area contributed by atoms with E-state index in [4.69, 9.17) is 5.26 Å². The molecule has 0 radical (unpaired) electrons. The van der Waals surface area contributed by atoms with E-state index in [9.17, 15) is 4.39 Å². The highest BCUT2D eigenvalue weighted by Gasteiger charge is 2.06. The van der Waals surface area contributed by atoms with Crippen LogP contribution in [0.3, 0.4) is 0 Å². The Morgan fingerprint density at radius 1 is 1.58 bits per heavy atom. The molecule has 0 fully saturated rings. The molecule has 0 aliphatic carbocycles. The van der Waals surface area contributed by atoms with Crippen LogP contribution < -0.4 is 0 Å². The Bertz CT molecular complexity index is 330. The number of nitriles is 1. The molecule has 0 aromatic heterocycles. The molecule has 1 atom stereocenters. The van der Waals surface area contributed by atoms with E-state index in [1.807, 2.05) is 6.07 Å². The van der Waals surface area contributed by atoms with Crippen molar-refractivity contribution in [3.63, 3.8) is 0 Å². The molecule has 3 heteroatoms. The summed E-state index contributed by atoms with van der Waals surface area (Å²) in [6.45, 7) is 1.74. The smallest absolute Gasteiger partial charge is 0.137 e. The highest BCUT2D eigenvalue weighted by molar-refractivity contribution is 9.10. The van der Waals surface area contributed by atoms with Gasteiger partial charge >= 0.3 is 0 Å². The van der Waals surface area contributed by atoms with Crippen molar-refractivity contribution < 1.29 is 4.39 Å². The summed E-state index contributed by atoms with van der Waals surface area (Å²) in [5.74, 6) is -0.581. The Balaban J connectivity index is 3.06. The number of rotatable bonds is 1. The van der Waals surface area contributed by atoms with Gasteiger partial charge in [0.1, 0.15) is 5.82 Å². The topological polar surface area (TPSA) is 23.8 Å². The molecule has 0 amide bonds. The Hall–Kier alpha value is -0.880. The molecule has 1 aromatic carbocycles. The summed E-state index contributed by atoms with van der Waals surface area (Å²) in [6.07, 6.45) is 0. The van der Waals surface area contributed by atoms with Crippen LogP contribution in [0.2, 0.25) is 0 Å². The first kappa shape index (κ1) is 9.21. The van der Waals surface area contributed by atoms with Gasteiger partial charge in [0.15, 0.2) is 0 Å². The minimum atomic E-state index is -0.324. The fourth-order valence-electron chi connectivity index (χ4n) is 0.856. The predicted octanol–water partition coefficient (Wildman–Crippen LogP) is 3.22. The van der Waals surface area contributed by atoms with Gasteiger partial charge in [0.25, 0.3) is 0 Å². The van der Waals surface area contributed by atoms with Crippen LogP contribution in [-0.2, 0) is 0 Å². The lowest BCUT2D eigenvalue weighted by atomic mass is 10.0. The Labute approximate surface area is 79.0 Å². The third kappa shape index (κ3) is 1.83. The van der Waals surface area contributed by atoms with Gasteiger partial charge in [-0.05, 0) is 40.5 Å². The van der Waals surface area contributed by atoms with E-state index in [0.717, 1.165) is 0 Å². The molecule has 0 saturated carbocycles. The number of halogens is 2. The molecule has 0 aliphatic rings. The predicted molar refractivity (Wildman–Crippen MR) is 48.1 cm³/mol. The van der Waals surface area contributed by atoms with Crippen LogP contribution in [0.25, 0.3) is 0 Å². The van der Waals surface area contributed by atoms with Crippen LogP contribution >= 0.6 is 15.9 Å². The highest BCUT2D eigenvalue weighted by atomic mass is 79.9. The molecule has 0 aliphatic heterocycles. The third-order valence-electron chi connectivity index (χ3n) is 1.64. The lowest BCUT2D eigenvalue weighted by molar-refractivity contribution is 0.618. The second-order valence-electron chi connectivity index (χ2n) is 2.52. The van der Waals surface area contributed by atoms with Gasteiger partial charge in [-0.25, -0.2) is 4.39 Å². The summed E-state index contributed by atoms with van der Waals surface area (Å²) >= 11 is 3.04. The molecule has 1 rings (SSSR count). The van der Waals surface area contributed by atoms with Gasteiger partial charge in [0, 0.05) is 0 Å². The summed E-state index contributed by atoms with van der Waals surface area (Å²) < 4.78 is 13.3. The molecule has 0 N–H and O–H groups in total. The lowest BCUT2D eigenvalue weighted by Crippen LogP contribution is -1.90. The van der Waals surface area contributed by atoms with E-state index in [1.165, 1.54) is 6.07 Å². The fraction of sp³-hybridized carbons (Fsp3) is 0.222. The second kappa shape index (κ2) is 3.68. The first-order valence-electron chi connectivity index (χ1n) is 3.49. The molecule has 1 nitrogen and oxygen atoms in total. The molecule has 1 aromatic rings. The van der Waals surface area contributed by atoms with Gasteiger partial charge in [0.2, 0.25) is 0 Å². The molecule has 12 heavy (non-hydrogen) atoms. The molecule has 0 spiro atoms. The first-order valence-corrected chi connectivity index (χ1v) is 4.29. The van der Waals surface area contributed by atoms with Crippen molar-refractivity contribution in [3.8, 4) is 6.07 Å². The van der Waals surface area contributed by atoms with E-state index in [0.29, 0.717) is 10.0 Å². The van der Waals surface area contributed by atoms with E-state index < -0.39 is 0 Å². The Morgan fingerprint density at radius 3 is 2.75 bits per heavy atom. The van der Waals surface area contributed by atoms with Crippen LogP contribution in [0.1, 0.15) is 18.4 Å². The molecular weight excluding hydrogens is 221 g/mol. The normalized spacial score (nSPS) is 12.2. The van der Waals surface area contributed by atoms with E-state index in [-0.39, 0.29) is 11.7 Å². The summed E-state index contributed by atoms with van der Waals surface area (Å²) in [5, 5.41) is 8.56. The van der Waals surface area contributed by atoms with Crippen LogP contribution in [0.4, 0.5) is 4.39 Å². The summed E-state index contributed by atoms with van der Waals surface area (Å²) in [4.78, 5) is 0. The van der Waals surface area contributed by atoms with Crippen LogP contribution in [-0.4, -0.2) is 0 Å². The van der Waals surface area contributed by atoms with Crippen LogP contribution in [0.15, 0.2) is 22.7 Å². The zero-order chi connectivity index (χ0) is 9.14. The Morgan fingerprint density at radius 2 is 2.25 bits per heavy atom. The maximum Gasteiger partial charge on any atom is 0.137 e. The lowest BCUT2D eigenvalue weighted by Gasteiger charge is -2.02. The van der Waals surface area contributed by atoms with Crippen molar-refractivity contribution in [2.45, 2.75) is 12.8 Å². The van der Waals surface area contributed by atoms with E-state index in [1.54, 1.807) is 19.1 Å². The van der Waals surface area contributed by atoms with Gasteiger partial charge in [-0.15, -0.1) is 0 Å². The number of hydrogen-bond donors (Lipinski definition) is 0. The second-order valence-corrected chi connectivity index (χ2v) is 3.38. The largest absolute Gasteiger partial charge is 0.206 e. The van der Waals surface area contributed by atoms with Gasteiger partial charge in [0.05, 0.1) is 16.5 Å². The molecule has 62 valence electrons. The number of nitrogens with zero attached hydrogens (tertiary/aromatic N) is 1. The average molecular weight is 228 g/mol. The summed E-state index contributed by atoms with van der Waals surface area (Å²) in [5.41, 5.74) is 0.707. The Kier molecular flexibility index (Phi) is 2.83. The minimum Gasteiger partial charge on any atom is -0.206 e. The van der Waals surface area contributed by atoms with Crippen molar-refractivity contribution in [2.24, 2.45) is 0 Å². The zero-order valence-electron chi connectivity index (χ0n) is 6.51. The van der Waals surface area contributed by atoms with E-state index in [2.05, 4.69) is 15.9 Å². The molecule has 0 bridgehead atoms. The van der Waals surface area contributed by atoms with Crippen LogP contribution in [0.5, 0.6) is 0 Å². The van der Waals surface area contributed by atoms with Gasteiger partial charge < -0.3 is 0 Å². The average Bonchev–Trinajstić information content (AvgIpc) is 2.08. The highest BCUT2D eigenvalue weighted by Crippen LogP contribution is 2.21. The quantitative estimate of drug-likeness (QED) is 0.723. The SMILES string of the molecule is CC(C#N)c1ccc(Br)c(F)c1. The fourth-order valence-corrected chi connectivity index (χ4v) is 1.10. The standard InChI is InChI=1S/C9H7BrFN/c1-6(5-12)7-2-3-8(10)9(11)4-7/h2-4,6H,1H3. The number of hydrogen-bond acceptors (Lipinski definition) is 1. The van der Waals surface area contributed by atoms with Gasteiger partial charge in [-0.3, -0.25) is 0 Å². The third-order valence-corrected chi connectivity index (χ3v) is 2.28. The number of benzene rings is 1. The van der Waals surface area contributed by atoms with Crippen molar-refractivity contribution in [1.82, 2.24) is 0 Å². The maximum absolute atomic E-state index is 12.9. The van der Waals surface area contributed by atoms with E-state index >= 15 is 0 Å². The maximum atomic E-state index is 12.9. The molecule has 0 saturated heterocycles. The summed E-state index contributed by atoms with van der Waals surface area (Å²) in [6, 6.07) is 6.77. The van der Waals surface area contributed by atoms with Gasteiger partial charge in [-0.1, -0.05) is 6.07 Å². The van der Waals surface area contributed by atoms with Crippen molar-refractivity contribution in [3.05, 3.63) is 34.1 Å². The minimum absolute atomic E-state index is 0.257. The molecule has 1 unspecified atom stereocenters. The summed E-state index contributed by atoms with van der Waals surface area (Å²) in [7, 11) is 0. The first-order chi connectivity index (χ1) is 5.65.